The van der Waals surface area contributed by atoms with Crippen molar-refractivity contribution in [1.29, 1.82) is 0 Å². The molecule has 0 fully saturated rings. The number of hydrazone groups is 1. The average molecular weight is 300 g/mol. The molecule has 22 heavy (non-hydrogen) atoms. The fourth-order valence-electron chi connectivity index (χ4n) is 1.98. The van der Waals surface area contributed by atoms with Gasteiger partial charge in [0.2, 0.25) is 5.75 Å². The van der Waals surface area contributed by atoms with E-state index in [4.69, 9.17) is 0 Å². The summed E-state index contributed by atoms with van der Waals surface area (Å²) < 4.78 is 0. The highest BCUT2D eigenvalue weighted by Gasteiger charge is 2.10. The maximum Gasteiger partial charge on any atom is 0.271 e. The number of rotatable bonds is 3. The van der Waals surface area contributed by atoms with Crippen molar-refractivity contribution in [2.24, 2.45) is 5.10 Å². The van der Waals surface area contributed by atoms with Crippen LogP contribution in [0.4, 0.5) is 0 Å². The number of nitrogens with zero attached hydrogens (tertiary/aromatic N) is 1. The number of phenols is 3. The Morgan fingerprint density at radius 3 is 2.50 bits per heavy atom. The number of phenolic OH excluding ortho intramolecular Hbond substituents is 3. The van der Waals surface area contributed by atoms with Crippen molar-refractivity contribution in [1.82, 2.24) is 5.43 Å². The topological polar surface area (TPSA) is 102 Å². The van der Waals surface area contributed by atoms with Crippen molar-refractivity contribution in [2.75, 3.05) is 0 Å². The van der Waals surface area contributed by atoms with Crippen LogP contribution in [0.5, 0.6) is 17.2 Å². The molecule has 2 aromatic rings. The third kappa shape index (κ3) is 3.17. The summed E-state index contributed by atoms with van der Waals surface area (Å²) in [5.41, 5.74) is 4.90. The number of carbonyl (C=O) groups excluding carboxylic acids is 1. The summed E-state index contributed by atoms with van der Waals surface area (Å²) in [5.74, 6) is -1.96. The molecule has 6 nitrogen and oxygen atoms in total. The second kappa shape index (κ2) is 6.17. The Balaban J connectivity index is 2.12. The smallest absolute Gasteiger partial charge is 0.271 e. The highest BCUT2D eigenvalue weighted by molar-refractivity contribution is 5.96. The molecule has 0 aromatic heterocycles. The number of aryl methyl sites for hydroxylation is 2. The van der Waals surface area contributed by atoms with E-state index in [-0.39, 0.29) is 11.5 Å². The van der Waals surface area contributed by atoms with Gasteiger partial charge in [-0.2, -0.15) is 5.10 Å². The molecule has 0 aliphatic carbocycles. The van der Waals surface area contributed by atoms with E-state index in [0.29, 0.717) is 5.56 Å². The highest BCUT2D eigenvalue weighted by atomic mass is 16.3. The van der Waals surface area contributed by atoms with Crippen LogP contribution in [0.25, 0.3) is 0 Å². The molecule has 1 amide bonds. The van der Waals surface area contributed by atoms with E-state index >= 15 is 0 Å². The van der Waals surface area contributed by atoms with Crippen LogP contribution in [0.15, 0.2) is 35.4 Å². The molecule has 0 spiro atoms. The van der Waals surface area contributed by atoms with Gasteiger partial charge >= 0.3 is 0 Å². The summed E-state index contributed by atoms with van der Waals surface area (Å²) >= 11 is 0. The zero-order valence-electron chi connectivity index (χ0n) is 12.2. The van der Waals surface area contributed by atoms with Crippen molar-refractivity contribution in [2.45, 2.75) is 13.8 Å². The van der Waals surface area contributed by atoms with Crippen molar-refractivity contribution in [3.63, 3.8) is 0 Å². The lowest BCUT2D eigenvalue weighted by molar-refractivity contribution is 0.0954. The Morgan fingerprint density at radius 2 is 1.82 bits per heavy atom. The molecule has 114 valence electrons. The average Bonchev–Trinajstić information content (AvgIpc) is 2.47. The van der Waals surface area contributed by atoms with Crippen LogP contribution in [0.2, 0.25) is 0 Å². The zero-order chi connectivity index (χ0) is 16.3. The van der Waals surface area contributed by atoms with Crippen LogP contribution in [0, 0.1) is 13.8 Å². The number of aromatic hydroxyl groups is 3. The Bertz CT molecular complexity index is 754. The van der Waals surface area contributed by atoms with E-state index in [1.165, 1.54) is 18.3 Å². The van der Waals surface area contributed by atoms with E-state index in [1.807, 2.05) is 26.0 Å². The van der Waals surface area contributed by atoms with Gasteiger partial charge < -0.3 is 15.3 Å². The Kier molecular flexibility index (Phi) is 4.31. The minimum Gasteiger partial charge on any atom is -0.504 e. The third-order valence-corrected chi connectivity index (χ3v) is 3.16. The normalized spacial score (nSPS) is 10.8. The van der Waals surface area contributed by atoms with Gasteiger partial charge in [0.1, 0.15) is 0 Å². The first-order chi connectivity index (χ1) is 10.4. The highest BCUT2D eigenvalue weighted by Crippen LogP contribution is 2.36. The summed E-state index contributed by atoms with van der Waals surface area (Å²) in [6, 6.07) is 8.00. The maximum atomic E-state index is 12.0. The Morgan fingerprint density at radius 1 is 1.09 bits per heavy atom. The summed E-state index contributed by atoms with van der Waals surface area (Å²) in [7, 11) is 0. The SMILES string of the molecule is Cc1ccc(C(=O)NN=Cc2ccc(O)c(O)c2O)c(C)c1. The number of nitrogens with one attached hydrogen (secondary N) is 1. The molecular weight excluding hydrogens is 284 g/mol. The fraction of sp³-hybridized carbons (Fsp3) is 0.125. The molecular formula is C16H16N2O4. The third-order valence-electron chi connectivity index (χ3n) is 3.16. The Hall–Kier alpha value is -3.02. The van der Waals surface area contributed by atoms with Crippen molar-refractivity contribution in [3.05, 3.63) is 52.6 Å². The molecule has 0 saturated carbocycles. The van der Waals surface area contributed by atoms with Gasteiger partial charge in [-0.1, -0.05) is 17.7 Å². The van der Waals surface area contributed by atoms with Crippen LogP contribution in [0.1, 0.15) is 27.0 Å². The predicted molar refractivity (Wildman–Crippen MR) is 82.4 cm³/mol. The first kappa shape index (κ1) is 15.4. The molecule has 0 bridgehead atoms. The lowest BCUT2D eigenvalue weighted by atomic mass is 10.1. The quantitative estimate of drug-likeness (QED) is 0.396. The van der Waals surface area contributed by atoms with Crippen LogP contribution in [-0.2, 0) is 0 Å². The van der Waals surface area contributed by atoms with Crippen molar-refractivity contribution in [3.8, 4) is 17.2 Å². The monoisotopic (exact) mass is 300 g/mol. The van der Waals surface area contributed by atoms with E-state index < -0.39 is 17.2 Å². The Labute approximate surface area is 127 Å². The molecule has 4 N–H and O–H groups in total. The summed E-state index contributed by atoms with van der Waals surface area (Å²) in [5, 5.41) is 32.0. The van der Waals surface area contributed by atoms with Gasteiger partial charge in [0, 0.05) is 11.1 Å². The second-order valence-electron chi connectivity index (χ2n) is 4.89. The van der Waals surface area contributed by atoms with Crippen LogP contribution in [0.3, 0.4) is 0 Å². The number of hydrogen-bond acceptors (Lipinski definition) is 5. The molecule has 0 saturated heterocycles. The minimum absolute atomic E-state index is 0.163. The van der Waals surface area contributed by atoms with Gasteiger partial charge in [-0.3, -0.25) is 4.79 Å². The van der Waals surface area contributed by atoms with Gasteiger partial charge in [-0.15, -0.1) is 0 Å². The molecule has 0 aliphatic heterocycles. The van der Waals surface area contributed by atoms with Gasteiger partial charge in [0.05, 0.1) is 6.21 Å². The van der Waals surface area contributed by atoms with Crippen LogP contribution in [-0.4, -0.2) is 27.4 Å². The van der Waals surface area contributed by atoms with Crippen molar-refractivity contribution >= 4 is 12.1 Å². The number of hydrogen-bond donors (Lipinski definition) is 4. The molecule has 0 aliphatic rings. The van der Waals surface area contributed by atoms with Gasteiger partial charge in [-0.25, -0.2) is 5.43 Å². The fourth-order valence-corrected chi connectivity index (χ4v) is 1.98. The number of amides is 1. The van der Waals surface area contributed by atoms with Crippen LogP contribution < -0.4 is 5.43 Å². The van der Waals surface area contributed by atoms with Gasteiger partial charge in [-0.05, 0) is 37.6 Å². The molecule has 0 atom stereocenters. The lowest BCUT2D eigenvalue weighted by Gasteiger charge is -2.05. The molecule has 0 unspecified atom stereocenters. The molecule has 0 radical (unpaired) electrons. The summed E-state index contributed by atoms with van der Waals surface area (Å²) in [6.45, 7) is 3.77. The number of benzene rings is 2. The largest absolute Gasteiger partial charge is 0.504 e. The molecule has 6 heteroatoms. The van der Waals surface area contributed by atoms with Crippen molar-refractivity contribution < 1.29 is 20.1 Å². The first-order valence-corrected chi connectivity index (χ1v) is 6.54. The molecule has 0 heterocycles. The minimum atomic E-state index is -0.635. The van der Waals surface area contributed by atoms with Crippen LogP contribution >= 0.6 is 0 Å². The first-order valence-electron chi connectivity index (χ1n) is 6.54. The van der Waals surface area contributed by atoms with Gasteiger partial charge in [0.25, 0.3) is 5.91 Å². The summed E-state index contributed by atoms with van der Waals surface area (Å²) in [4.78, 5) is 12.0. The maximum absolute atomic E-state index is 12.0. The second-order valence-corrected chi connectivity index (χ2v) is 4.89. The zero-order valence-corrected chi connectivity index (χ0v) is 12.2. The summed E-state index contributed by atoms with van der Waals surface area (Å²) in [6.07, 6.45) is 1.18. The predicted octanol–water partition coefficient (Wildman–Crippen LogP) is 2.18. The van der Waals surface area contributed by atoms with E-state index in [9.17, 15) is 20.1 Å². The van der Waals surface area contributed by atoms with E-state index in [0.717, 1.165) is 11.1 Å². The van der Waals surface area contributed by atoms with E-state index in [1.54, 1.807) is 6.07 Å². The van der Waals surface area contributed by atoms with Gasteiger partial charge in [0.15, 0.2) is 11.5 Å². The number of carbonyl (C=O) groups is 1. The molecule has 2 aromatic carbocycles. The van der Waals surface area contributed by atoms with E-state index in [2.05, 4.69) is 10.5 Å². The standard InChI is InChI=1S/C16H16N2O4/c1-9-3-5-12(10(2)7-9)16(22)18-17-8-11-4-6-13(19)15(21)14(11)20/h3-8,19-21H,1-2H3,(H,18,22). The molecule has 2 rings (SSSR count). The lowest BCUT2D eigenvalue weighted by Crippen LogP contribution is -2.18.